The zero-order valence-electron chi connectivity index (χ0n) is 3.33. The van der Waals surface area contributed by atoms with Crippen LogP contribution in [-0.2, 0) is 22.4 Å². The molecule has 0 spiro atoms. The normalized spacial score (nSPS) is 0.500. The van der Waals surface area contributed by atoms with Crippen molar-refractivity contribution in [2.24, 2.45) is 0 Å². The molecule has 1 nitrogen and oxygen atoms in total. The maximum atomic E-state index is 6.50. The van der Waals surface area contributed by atoms with Crippen molar-refractivity contribution in [1.29, 1.82) is 5.26 Å². The molecule has 0 bridgehead atoms. The third-order valence-corrected chi connectivity index (χ3v) is 0. The molecule has 0 aromatic rings. The number of hydrogen-bond acceptors (Lipinski definition) is 1. The summed E-state index contributed by atoms with van der Waals surface area (Å²) in [6.45, 7) is 3.50. The standard InChI is InChI=1S/CHN.Ag.K.H/c1-2;;;/h1H;;;/q;;+1;-1. The molecule has 0 unspecified atom stereocenters. The average Bonchev–Trinajstić information content (AvgIpc) is 1.00. The van der Waals surface area contributed by atoms with Gasteiger partial charge in [0.25, 0.3) is 0 Å². The smallest absolute Gasteiger partial charge is 1.00 e. The van der Waals surface area contributed by atoms with Crippen molar-refractivity contribution >= 4 is 0 Å². The first-order chi connectivity index (χ1) is 1.00. The van der Waals surface area contributed by atoms with Crippen molar-refractivity contribution < 1.29 is 75.2 Å². The zero-order chi connectivity index (χ0) is 2.00. The largest absolute Gasteiger partial charge is 1.00 e. The van der Waals surface area contributed by atoms with Crippen LogP contribution in [0.25, 0.3) is 0 Å². The fourth-order valence-electron chi connectivity index (χ4n) is 0. The Labute approximate surface area is 85.2 Å². The Balaban J connectivity index is -0.00000000167. The van der Waals surface area contributed by atoms with Gasteiger partial charge in [0.2, 0.25) is 0 Å². The second-order valence-electron chi connectivity index (χ2n) is 0. The zero-order valence-corrected chi connectivity index (χ0v) is 6.93. The van der Waals surface area contributed by atoms with Gasteiger partial charge in [0.15, 0.2) is 0 Å². The quantitative estimate of drug-likeness (QED) is 0.366. The maximum absolute atomic E-state index is 6.50. The first kappa shape index (κ1) is 16.9. The molecule has 0 saturated heterocycles. The third-order valence-electron chi connectivity index (χ3n) is 0. The Hall–Kier alpha value is 1.87. The van der Waals surface area contributed by atoms with Gasteiger partial charge in [-0.05, 0) is 0 Å². The third kappa shape index (κ3) is 9.12. The molecular weight excluding hydrogens is 173 g/mol. The molecule has 0 rings (SSSR count). The first-order valence-electron chi connectivity index (χ1n) is 0.258. The second kappa shape index (κ2) is 20.9. The predicted octanol–water partition coefficient (Wildman–Crippen LogP) is -2.75. The van der Waals surface area contributed by atoms with Crippen molar-refractivity contribution in [3.05, 3.63) is 0 Å². The number of nitrogens with zero attached hydrogens (tertiary/aromatic N) is 1. The van der Waals surface area contributed by atoms with Crippen LogP contribution in [0.2, 0.25) is 0 Å². The Morgan fingerprint density at radius 3 is 1.50 bits per heavy atom. The van der Waals surface area contributed by atoms with E-state index in [2.05, 4.69) is 6.57 Å². The van der Waals surface area contributed by atoms with Gasteiger partial charge >= 0.3 is 51.4 Å². The molecule has 1 radical (unpaired) electrons. The van der Waals surface area contributed by atoms with Gasteiger partial charge in [-0.1, -0.05) is 0 Å². The van der Waals surface area contributed by atoms with Crippen LogP contribution in [0.3, 0.4) is 0 Å². The SMILES string of the molecule is C#N.[Ag].[H-].[K+]. The van der Waals surface area contributed by atoms with E-state index in [0.29, 0.717) is 0 Å². The molecule has 0 saturated carbocycles. The minimum atomic E-state index is 0. The number of rotatable bonds is 0. The van der Waals surface area contributed by atoms with E-state index in [-0.39, 0.29) is 75.2 Å². The van der Waals surface area contributed by atoms with E-state index in [4.69, 9.17) is 5.26 Å². The van der Waals surface area contributed by atoms with E-state index in [0.717, 1.165) is 0 Å². The van der Waals surface area contributed by atoms with Crippen molar-refractivity contribution in [2.75, 3.05) is 0 Å². The monoisotopic (exact) mass is 174 g/mol. The van der Waals surface area contributed by atoms with Crippen LogP contribution < -0.4 is 51.4 Å². The summed E-state index contributed by atoms with van der Waals surface area (Å²) in [5, 5.41) is 6.50. The van der Waals surface area contributed by atoms with E-state index in [9.17, 15) is 0 Å². The summed E-state index contributed by atoms with van der Waals surface area (Å²) in [6.07, 6.45) is 0. The van der Waals surface area contributed by atoms with Crippen molar-refractivity contribution in [2.45, 2.75) is 0 Å². The van der Waals surface area contributed by atoms with Gasteiger partial charge in [-0.2, -0.15) is 0 Å². The van der Waals surface area contributed by atoms with Gasteiger partial charge in [-0.3, -0.25) is 0 Å². The van der Waals surface area contributed by atoms with Gasteiger partial charge in [0.05, 0.1) is 0 Å². The minimum Gasteiger partial charge on any atom is -1.00 e. The van der Waals surface area contributed by atoms with E-state index in [1.165, 1.54) is 0 Å². The van der Waals surface area contributed by atoms with E-state index in [1.807, 2.05) is 0 Å². The topological polar surface area (TPSA) is 23.8 Å². The molecule has 0 amide bonds. The second-order valence-corrected chi connectivity index (χ2v) is 0. The molecule has 0 aromatic carbocycles. The molecule has 0 aliphatic carbocycles. The Morgan fingerprint density at radius 1 is 1.50 bits per heavy atom. The molecular formula is CH2AgKN. The van der Waals surface area contributed by atoms with Crippen molar-refractivity contribution in [3.63, 3.8) is 0 Å². The van der Waals surface area contributed by atoms with Crippen LogP contribution in [0.5, 0.6) is 0 Å². The van der Waals surface area contributed by atoms with Gasteiger partial charge in [0, 0.05) is 29.0 Å². The van der Waals surface area contributed by atoms with Crippen LogP contribution in [0, 0.1) is 11.8 Å². The first-order valence-corrected chi connectivity index (χ1v) is 0.258. The van der Waals surface area contributed by atoms with Crippen molar-refractivity contribution in [1.82, 2.24) is 0 Å². The Bertz CT molecular complexity index is 16.4. The fourth-order valence-corrected chi connectivity index (χ4v) is 0. The summed E-state index contributed by atoms with van der Waals surface area (Å²) >= 11 is 0. The van der Waals surface area contributed by atoms with Crippen LogP contribution >= 0.6 is 0 Å². The van der Waals surface area contributed by atoms with Gasteiger partial charge in [-0.25, -0.2) is 5.26 Å². The molecule has 0 aliphatic rings. The van der Waals surface area contributed by atoms with Gasteiger partial charge < -0.3 is 1.43 Å². The Morgan fingerprint density at radius 2 is 1.50 bits per heavy atom. The predicted molar refractivity (Wildman–Crippen MR) is 7.78 cm³/mol. The molecule has 0 heterocycles. The summed E-state index contributed by atoms with van der Waals surface area (Å²) in [4.78, 5) is 0. The van der Waals surface area contributed by atoms with E-state index < -0.39 is 0 Å². The molecule has 23 valence electrons. The summed E-state index contributed by atoms with van der Waals surface area (Å²) in [6, 6.07) is 0. The van der Waals surface area contributed by atoms with Crippen LogP contribution in [0.15, 0.2) is 0 Å². The fraction of sp³-hybridized carbons (Fsp3) is 0. The molecule has 0 atom stereocenters. The molecule has 0 aromatic heterocycles. The Kier molecular flexibility index (Phi) is 88.3. The van der Waals surface area contributed by atoms with Gasteiger partial charge in [-0.15, -0.1) is 0 Å². The van der Waals surface area contributed by atoms with E-state index >= 15 is 0 Å². The average molecular weight is 175 g/mol. The maximum Gasteiger partial charge on any atom is 1.00 e. The molecule has 4 heavy (non-hydrogen) atoms. The summed E-state index contributed by atoms with van der Waals surface area (Å²) < 4.78 is 0. The van der Waals surface area contributed by atoms with Crippen LogP contribution in [-0.4, -0.2) is 0 Å². The molecule has 0 N–H and O–H groups in total. The van der Waals surface area contributed by atoms with Crippen molar-refractivity contribution in [3.8, 4) is 6.57 Å². The number of nitriles is 1. The summed E-state index contributed by atoms with van der Waals surface area (Å²) in [7, 11) is 0. The molecule has 3 heteroatoms. The van der Waals surface area contributed by atoms with E-state index in [1.54, 1.807) is 0 Å². The van der Waals surface area contributed by atoms with Crippen LogP contribution in [0.1, 0.15) is 1.43 Å². The minimum absolute atomic E-state index is 0. The molecule has 0 fully saturated rings. The number of hydrogen-bond donors (Lipinski definition) is 0. The van der Waals surface area contributed by atoms with Crippen LogP contribution in [0.4, 0.5) is 0 Å². The summed E-state index contributed by atoms with van der Waals surface area (Å²) in [5.74, 6) is 0. The molecule has 0 aliphatic heterocycles. The van der Waals surface area contributed by atoms with Gasteiger partial charge in [0.1, 0.15) is 0 Å². The summed E-state index contributed by atoms with van der Waals surface area (Å²) in [5.41, 5.74) is 0.